The number of benzene rings is 1. The molecule has 17 heavy (non-hydrogen) atoms. The second kappa shape index (κ2) is 4.64. The average Bonchev–Trinajstić information content (AvgIpc) is 2.72. The lowest BCUT2D eigenvalue weighted by Gasteiger charge is -2.09. The molecule has 0 bridgehead atoms. The lowest BCUT2D eigenvalue weighted by Crippen LogP contribution is -2.05. The molecule has 1 heterocycles. The zero-order chi connectivity index (χ0) is 12.6. The molecule has 1 unspecified atom stereocenters. The highest BCUT2D eigenvalue weighted by Crippen LogP contribution is 2.30. The minimum absolute atomic E-state index is 0.111. The maximum absolute atomic E-state index is 13.4. The molecule has 0 spiro atoms. The molecule has 2 rings (SSSR count). The highest BCUT2D eigenvalue weighted by atomic mass is 35.5. The van der Waals surface area contributed by atoms with E-state index in [1.54, 1.807) is 0 Å². The van der Waals surface area contributed by atoms with Crippen molar-refractivity contribution in [2.45, 2.75) is 6.10 Å². The lowest BCUT2D eigenvalue weighted by molar-refractivity contribution is 0.212. The second-order valence-corrected chi connectivity index (χ2v) is 4.86. The SMILES string of the molecule is OC(c1ncc(Cl)s1)c1ccc(F)c(F)c1F. The van der Waals surface area contributed by atoms with Gasteiger partial charge in [0.25, 0.3) is 0 Å². The van der Waals surface area contributed by atoms with E-state index in [1.165, 1.54) is 6.20 Å². The van der Waals surface area contributed by atoms with Gasteiger partial charge >= 0.3 is 0 Å². The highest BCUT2D eigenvalue weighted by Gasteiger charge is 2.22. The molecule has 0 amide bonds. The summed E-state index contributed by atoms with van der Waals surface area (Å²) in [6.45, 7) is 0. The van der Waals surface area contributed by atoms with Crippen molar-refractivity contribution in [2.24, 2.45) is 0 Å². The van der Waals surface area contributed by atoms with Crippen molar-refractivity contribution < 1.29 is 18.3 Å². The quantitative estimate of drug-likeness (QED) is 0.856. The normalized spacial score (nSPS) is 12.8. The van der Waals surface area contributed by atoms with Crippen LogP contribution in [0.25, 0.3) is 0 Å². The standard InChI is InChI=1S/C10H5ClF3NOS/c11-6-3-15-10(17-6)9(16)4-1-2-5(12)8(14)7(4)13/h1-3,9,16H. The van der Waals surface area contributed by atoms with Crippen LogP contribution >= 0.6 is 22.9 Å². The summed E-state index contributed by atoms with van der Waals surface area (Å²) in [7, 11) is 0. The summed E-state index contributed by atoms with van der Waals surface area (Å²) in [5.74, 6) is -4.36. The monoisotopic (exact) mass is 279 g/mol. The average molecular weight is 280 g/mol. The fraction of sp³-hybridized carbons (Fsp3) is 0.100. The van der Waals surface area contributed by atoms with Gasteiger partial charge in [-0.3, -0.25) is 0 Å². The summed E-state index contributed by atoms with van der Waals surface area (Å²) in [5.41, 5.74) is -0.380. The van der Waals surface area contributed by atoms with Crippen LogP contribution in [0, 0.1) is 17.5 Å². The summed E-state index contributed by atoms with van der Waals surface area (Å²) in [6.07, 6.45) is -0.189. The molecule has 0 saturated heterocycles. The van der Waals surface area contributed by atoms with E-state index in [-0.39, 0.29) is 10.6 Å². The number of thiazole rings is 1. The van der Waals surface area contributed by atoms with Crippen LogP contribution in [0.4, 0.5) is 13.2 Å². The van der Waals surface area contributed by atoms with Crippen molar-refractivity contribution in [1.82, 2.24) is 4.98 Å². The van der Waals surface area contributed by atoms with Gasteiger partial charge in [0.2, 0.25) is 0 Å². The summed E-state index contributed by atoms with van der Waals surface area (Å²) < 4.78 is 39.3. The van der Waals surface area contributed by atoms with Gasteiger partial charge in [-0.2, -0.15) is 0 Å². The van der Waals surface area contributed by atoms with Crippen LogP contribution in [-0.4, -0.2) is 10.1 Å². The third kappa shape index (κ3) is 2.29. The van der Waals surface area contributed by atoms with Crippen LogP contribution in [0.3, 0.4) is 0 Å². The molecular weight excluding hydrogens is 275 g/mol. The molecule has 0 radical (unpaired) electrons. The largest absolute Gasteiger partial charge is 0.381 e. The fourth-order valence-electron chi connectivity index (χ4n) is 1.28. The molecular formula is C10H5ClF3NOS. The Morgan fingerprint density at radius 2 is 1.94 bits per heavy atom. The predicted octanol–water partition coefficient (Wildman–Crippen LogP) is 3.30. The molecule has 1 aromatic carbocycles. The minimum Gasteiger partial charge on any atom is -0.381 e. The van der Waals surface area contributed by atoms with Crippen molar-refractivity contribution in [3.63, 3.8) is 0 Å². The first-order chi connectivity index (χ1) is 8.00. The zero-order valence-electron chi connectivity index (χ0n) is 8.12. The van der Waals surface area contributed by atoms with Gasteiger partial charge in [-0.25, -0.2) is 18.2 Å². The van der Waals surface area contributed by atoms with Crippen LogP contribution < -0.4 is 0 Å². The van der Waals surface area contributed by atoms with Crippen molar-refractivity contribution >= 4 is 22.9 Å². The molecule has 7 heteroatoms. The number of aromatic nitrogens is 1. The number of rotatable bonds is 2. The molecule has 0 aliphatic rings. The molecule has 2 aromatic rings. The Bertz CT molecular complexity index is 560. The van der Waals surface area contributed by atoms with Gasteiger partial charge in [0.1, 0.15) is 15.4 Å². The van der Waals surface area contributed by atoms with Crippen LogP contribution in [0.15, 0.2) is 18.3 Å². The summed E-state index contributed by atoms with van der Waals surface area (Å²) in [5, 5.41) is 9.87. The van der Waals surface area contributed by atoms with E-state index in [1.807, 2.05) is 0 Å². The van der Waals surface area contributed by atoms with Gasteiger partial charge in [-0.05, 0) is 12.1 Å². The Hall–Kier alpha value is -1.11. The molecule has 0 aliphatic carbocycles. The number of aliphatic hydroxyl groups is 1. The van der Waals surface area contributed by atoms with E-state index < -0.39 is 23.6 Å². The molecule has 1 N–H and O–H groups in total. The van der Waals surface area contributed by atoms with Gasteiger partial charge in [0.05, 0.1) is 6.20 Å². The molecule has 0 saturated carbocycles. The Labute approximate surface area is 103 Å². The van der Waals surface area contributed by atoms with E-state index in [2.05, 4.69) is 4.98 Å². The highest BCUT2D eigenvalue weighted by molar-refractivity contribution is 7.15. The molecule has 1 atom stereocenters. The maximum atomic E-state index is 13.4. The minimum atomic E-state index is -1.62. The van der Waals surface area contributed by atoms with Gasteiger partial charge in [0, 0.05) is 5.56 Å². The van der Waals surface area contributed by atoms with Crippen LogP contribution in [0.1, 0.15) is 16.7 Å². The van der Waals surface area contributed by atoms with Crippen LogP contribution in [0.2, 0.25) is 4.34 Å². The van der Waals surface area contributed by atoms with Crippen molar-refractivity contribution in [3.8, 4) is 0 Å². The summed E-state index contributed by atoms with van der Waals surface area (Å²) >= 11 is 6.54. The van der Waals surface area contributed by atoms with E-state index in [0.717, 1.165) is 23.5 Å². The predicted molar refractivity (Wildman–Crippen MR) is 57.5 cm³/mol. The topological polar surface area (TPSA) is 33.1 Å². The first-order valence-electron chi connectivity index (χ1n) is 4.43. The lowest BCUT2D eigenvalue weighted by atomic mass is 10.1. The number of hydrogen-bond acceptors (Lipinski definition) is 3. The van der Waals surface area contributed by atoms with E-state index in [0.29, 0.717) is 4.34 Å². The number of halogens is 4. The Morgan fingerprint density at radius 3 is 2.53 bits per heavy atom. The zero-order valence-corrected chi connectivity index (χ0v) is 9.70. The molecule has 1 aromatic heterocycles. The third-order valence-electron chi connectivity index (χ3n) is 2.09. The van der Waals surface area contributed by atoms with E-state index in [9.17, 15) is 18.3 Å². The van der Waals surface area contributed by atoms with Crippen molar-refractivity contribution in [1.29, 1.82) is 0 Å². The number of aliphatic hydroxyl groups excluding tert-OH is 1. The summed E-state index contributed by atoms with van der Waals surface area (Å²) in [4.78, 5) is 3.74. The van der Waals surface area contributed by atoms with E-state index >= 15 is 0 Å². The van der Waals surface area contributed by atoms with E-state index in [4.69, 9.17) is 11.6 Å². The van der Waals surface area contributed by atoms with Crippen molar-refractivity contribution in [2.75, 3.05) is 0 Å². The Kier molecular flexibility index (Phi) is 3.37. The molecule has 2 nitrogen and oxygen atoms in total. The first-order valence-corrected chi connectivity index (χ1v) is 5.63. The van der Waals surface area contributed by atoms with Crippen molar-refractivity contribution in [3.05, 3.63) is 50.7 Å². The van der Waals surface area contributed by atoms with Gasteiger partial charge in [-0.1, -0.05) is 11.6 Å². The van der Waals surface area contributed by atoms with Gasteiger partial charge < -0.3 is 5.11 Å². The maximum Gasteiger partial charge on any atom is 0.194 e. The smallest absolute Gasteiger partial charge is 0.194 e. The fourth-order valence-corrected chi connectivity index (χ4v) is 2.21. The molecule has 90 valence electrons. The second-order valence-electron chi connectivity index (χ2n) is 3.17. The summed E-state index contributed by atoms with van der Waals surface area (Å²) in [6, 6.07) is 1.71. The number of hydrogen-bond donors (Lipinski definition) is 1. The number of nitrogens with zero attached hydrogens (tertiary/aromatic N) is 1. The Morgan fingerprint density at radius 1 is 1.24 bits per heavy atom. The van der Waals surface area contributed by atoms with Crippen LogP contribution in [-0.2, 0) is 0 Å². The first kappa shape index (κ1) is 12.3. The Balaban J connectivity index is 2.44. The molecule has 0 fully saturated rings. The van der Waals surface area contributed by atoms with Gasteiger partial charge in [0.15, 0.2) is 17.5 Å². The molecule has 0 aliphatic heterocycles. The third-order valence-corrected chi connectivity index (χ3v) is 3.26. The van der Waals surface area contributed by atoms with Crippen LogP contribution in [0.5, 0.6) is 0 Å². The van der Waals surface area contributed by atoms with Gasteiger partial charge in [-0.15, -0.1) is 11.3 Å².